The first-order valence-corrected chi connectivity index (χ1v) is 14.4. The highest BCUT2D eigenvalue weighted by molar-refractivity contribution is 7.89. The monoisotopic (exact) mass is 527 g/mol. The smallest absolute Gasteiger partial charge is 0.241 e. The van der Waals surface area contributed by atoms with Gasteiger partial charge in [0.05, 0.1) is 29.3 Å². The second-order valence-electron chi connectivity index (χ2n) is 9.86. The Morgan fingerprint density at radius 1 is 0.921 bits per heavy atom. The molecule has 2 N–H and O–H groups in total. The van der Waals surface area contributed by atoms with Gasteiger partial charge in [0.25, 0.3) is 0 Å². The van der Waals surface area contributed by atoms with Gasteiger partial charge in [0.15, 0.2) is 0 Å². The van der Waals surface area contributed by atoms with Crippen molar-refractivity contribution in [3.8, 4) is 0 Å². The summed E-state index contributed by atoms with van der Waals surface area (Å²) in [4.78, 5) is 7.13. The maximum Gasteiger partial charge on any atom is 0.241 e. The number of aromatic nitrogens is 1. The average Bonchev–Trinajstić information content (AvgIpc) is 3.22. The molecule has 0 unspecified atom stereocenters. The highest BCUT2D eigenvalue weighted by Gasteiger charge is 2.35. The Kier molecular flexibility index (Phi) is 7.61. The molecule has 0 aliphatic heterocycles. The van der Waals surface area contributed by atoms with Crippen LogP contribution in [0.5, 0.6) is 0 Å². The number of nitrogens with one attached hydrogen (secondary N) is 1. The molecule has 1 aliphatic carbocycles. The van der Waals surface area contributed by atoms with E-state index in [0.29, 0.717) is 19.5 Å². The Bertz CT molecular complexity index is 1510. The molecule has 1 aliphatic rings. The molecular weight excluding hydrogens is 494 g/mol. The number of aliphatic hydroxyl groups excluding tert-OH is 1. The van der Waals surface area contributed by atoms with Crippen molar-refractivity contribution in [2.45, 2.75) is 56.8 Å². The van der Waals surface area contributed by atoms with Crippen molar-refractivity contribution < 1.29 is 13.5 Å². The van der Waals surface area contributed by atoms with E-state index in [9.17, 15) is 13.5 Å². The molecule has 0 saturated heterocycles. The van der Waals surface area contributed by atoms with E-state index < -0.39 is 22.2 Å². The van der Waals surface area contributed by atoms with Gasteiger partial charge in [0.1, 0.15) is 0 Å². The number of fused-ring (bicyclic) bond motifs is 1. The number of hydrogen-bond donors (Lipinski definition) is 2. The zero-order chi connectivity index (χ0) is 26.7. The van der Waals surface area contributed by atoms with Crippen molar-refractivity contribution >= 4 is 15.7 Å². The molecule has 2 atom stereocenters. The third-order valence-electron chi connectivity index (χ3n) is 7.08. The number of nitrogens with zero attached hydrogens (tertiary/aromatic N) is 2. The molecule has 1 aromatic heterocycles. The van der Waals surface area contributed by atoms with E-state index in [1.165, 1.54) is 0 Å². The maximum atomic E-state index is 13.2. The summed E-state index contributed by atoms with van der Waals surface area (Å²) in [5.74, 6) is 0. The standard InChI is InChI=1S/C31H33N3O3S/c1-3-23-12-16-28(17-13-23)38(36,37)33-31-29-19-27(15-14-25(29)18-30(31)35)34(20-24-9-5-4-6-10-24)21-26-11-7-8-22(2)32-26/h4-17,19,30-31,33,35H,3,18,20-21H2,1-2H3/t30-,31-/m1/s1. The van der Waals surface area contributed by atoms with Crippen molar-refractivity contribution in [3.63, 3.8) is 0 Å². The number of hydrogen-bond acceptors (Lipinski definition) is 5. The van der Waals surface area contributed by atoms with Gasteiger partial charge in [-0.1, -0.05) is 61.5 Å². The van der Waals surface area contributed by atoms with Crippen LogP contribution in [-0.2, 0) is 36.0 Å². The number of aliphatic hydroxyl groups is 1. The maximum absolute atomic E-state index is 13.2. The molecule has 0 bridgehead atoms. The SMILES string of the molecule is CCc1ccc(S(=O)(=O)N[C@@H]2c3cc(N(Cc4ccccc4)Cc4cccc(C)n4)ccc3C[C@H]2O)cc1. The molecule has 6 nitrogen and oxygen atoms in total. The van der Waals surface area contributed by atoms with Crippen LogP contribution in [0.4, 0.5) is 5.69 Å². The molecule has 0 radical (unpaired) electrons. The van der Waals surface area contributed by atoms with Crippen molar-refractivity contribution in [1.82, 2.24) is 9.71 Å². The normalized spacial score (nSPS) is 16.8. The van der Waals surface area contributed by atoms with Crippen molar-refractivity contribution in [2.24, 2.45) is 0 Å². The summed E-state index contributed by atoms with van der Waals surface area (Å²) < 4.78 is 29.2. The first-order chi connectivity index (χ1) is 18.3. The topological polar surface area (TPSA) is 82.5 Å². The minimum atomic E-state index is -3.81. The molecule has 0 fully saturated rings. The van der Waals surface area contributed by atoms with E-state index in [1.807, 2.05) is 80.6 Å². The minimum Gasteiger partial charge on any atom is -0.391 e. The second kappa shape index (κ2) is 11.1. The number of aryl methyl sites for hydroxylation is 2. The van der Waals surface area contributed by atoms with Crippen molar-refractivity contribution in [3.05, 3.63) is 125 Å². The lowest BCUT2D eigenvalue weighted by atomic mass is 10.1. The fourth-order valence-corrected chi connectivity index (χ4v) is 6.26. The molecule has 5 rings (SSSR count). The average molecular weight is 528 g/mol. The van der Waals surface area contributed by atoms with E-state index in [4.69, 9.17) is 4.98 Å². The number of sulfonamides is 1. The van der Waals surface area contributed by atoms with Crippen LogP contribution in [-0.4, -0.2) is 24.6 Å². The third kappa shape index (κ3) is 5.80. The summed E-state index contributed by atoms with van der Waals surface area (Å²) >= 11 is 0. The van der Waals surface area contributed by atoms with Gasteiger partial charge in [0.2, 0.25) is 10.0 Å². The van der Waals surface area contributed by atoms with Gasteiger partial charge in [-0.05, 0) is 72.0 Å². The van der Waals surface area contributed by atoms with E-state index >= 15 is 0 Å². The molecular formula is C31H33N3O3S. The van der Waals surface area contributed by atoms with E-state index in [1.54, 1.807) is 12.1 Å². The fourth-order valence-electron chi connectivity index (χ4n) is 5.01. The quantitative estimate of drug-likeness (QED) is 0.317. The summed E-state index contributed by atoms with van der Waals surface area (Å²) in [6.45, 7) is 5.27. The van der Waals surface area contributed by atoms with Gasteiger partial charge in [0, 0.05) is 24.3 Å². The fraction of sp³-hybridized carbons (Fsp3) is 0.258. The first-order valence-electron chi connectivity index (χ1n) is 13.0. The van der Waals surface area contributed by atoms with Gasteiger partial charge in [-0.2, -0.15) is 0 Å². The van der Waals surface area contributed by atoms with Crippen molar-refractivity contribution in [2.75, 3.05) is 4.90 Å². The molecule has 0 saturated carbocycles. The van der Waals surface area contributed by atoms with Crippen LogP contribution in [0.1, 0.15) is 46.6 Å². The highest BCUT2D eigenvalue weighted by Crippen LogP contribution is 2.36. The van der Waals surface area contributed by atoms with Gasteiger partial charge in [-0.3, -0.25) is 4.98 Å². The summed E-state index contributed by atoms with van der Waals surface area (Å²) in [6.07, 6.45) is 0.393. The second-order valence-corrected chi connectivity index (χ2v) is 11.6. The summed E-state index contributed by atoms with van der Waals surface area (Å²) in [5, 5.41) is 10.9. The Labute approximate surface area is 225 Å². The zero-order valence-electron chi connectivity index (χ0n) is 21.7. The predicted molar refractivity (Wildman–Crippen MR) is 150 cm³/mol. The van der Waals surface area contributed by atoms with Gasteiger partial charge in [-0.15, -0.1) is 0 Å². The number of benzene rings is 3. The van der Waals surface area contributed by atoms with Crippen LogP contribution in [0, 0.1) is 6.92 Å². The minimum absolute atomic E-state index is 0.197. The van der Waals surface area contributed by atoms with Crippen LogP contribution in [0.15, 0.2) is 95.9 Å². The molecule has 1 heterocycles. The molecule has 7 heteroatoms. The highest BCUT2D eigenvalue weighted by atomic mass is 32.2. The Hall–Kier alpha value is -3.52. The van der Waals surface area contributed by atoms with E-state index in [-0.39, 0.29) is 4.90 Å². The Morgan fingerprint density at radius 2 is 1.68 bits per heavy atom. The lowest BCUT2D eigenvalue weighted by molar-refractivity contribution is 0.151. The molecule has 3 aromatic carbocycles. The summed E-state index contributed by atoms with van der Waals surface area (Å²) in [5.41, 5.74) is 6.84. The molecule has 38 heavy (non-hydrogen) atoms. The predicted octanol–water partition coefficient (Wildman–Crippen LogP) is 5.10. The van der Waals surface area contributed by atoms with Crippen LogP contribution < -0.4 is 9.62 Å². The number of anilines is 1. The Morgan fingerprint density at radius 3 is 2.39 bits per heavy atom. The van der Waals surface area contributed by atoms with Crippen LogP contribution in [0.25, 0.3) is 0 Å². The van der Waals surface area contributed by atoms with Crippen LogP contribution in [0.3, 0.4) is 0 Å². The summed E-state index contributed by atoms with van der Waals surface area (Å²) in [7, 11) is -3.81. The number of pyridine rings is 1. The molecule has 0 spiro atoms. The van der Waals surface area contributed by atoms with Crippen LogP contribution in [0.2, 0.25) is 0 Å². The van der Waals surface area contributed by atoms with Gasteiger partial charge >= 0.3 is 0 Å². The largest absolute Gasteiger partial charge is 0.391 e. The summed E-state index contributed by atoms with van der Waals surface area (Å²) in [6, 6.07) is 28.5. The first kappa shape index (κ1) is 26.1. The Balaban J connectivity index is 1.46. The third-order valence-corrected chi connectivity index (χ3v) is 8.54. The number of rotatable bonds is 9. The molecule has 4 aromatic rings. The lowest BCUT2D eigenvalue weighted by Crippen LogP contribution is -2.34. The molecule has 196 valence electrons. The zero-order valence-corrected chi connectivity index (χ0v) is 22.5. The van der Waals surface area contributed by atoms with Crippen LogP contribution >= 0.6 is 0 Å². The van der Waals surface area contributed by atoms with E-state index in [0.717, 1.165) is 45.7 Å². The van der Waals surface area contributed by atoms with Gasteiger partial charge in [-0.25, -0.2) is 13.1 Å². The lowest BCUT2D eigenvalue weighted by Gasteiger charge is -2.26. The van der Waals surface area contributed by atoms with Gasteiger partial charge < -0.3 is 10.0 Å². The van der Waals surface area contributed by atoms with E-state index in [2.05, 4.69) is 21.8 Å². The van der Waals surface area contributed by atoms with Crippen molar-refractivity contribution in [1.29, 1.82) is 0 Å². The molecule has 0 amide bonds.